The molecule has 0 bridgehead atoms. The van der Waals surface area contributed by atoms with E-state index in [2.05, 4.69) is 5.32 Å². The van der Waals surface area contributed by atoms with Gasteiger partial charge in [-0.25, -0.2) is 0 Å². The third-order valence-corrected chi connectivity index (χ3v) is 2.57. The van der Waals surface area contributed by atoms with Crippen molar-refractivity contribution in [2.75, 3.05) is 0 Å². The molecule has 1 aromatic carbocycles. The molecule has 1 aromatic rings. The monoisotopic (exact) mass is 252 g/mol. The van der Waals surface area contributed by atoms with Gasteiger partial charge in [0.05, 0.1) is 4.99 Å². The molecule has 0 saturated carbocycles. The van der Waals surface area contributed by atoms with Gasteiger partial charge in [-0.2, -0.15) is 0 Å². The number of amides is 1. The van der Waals surface area contributed by atoms with E-state index in [-0.39, 0.29) is 17.7 Å². The second-order valence-electron chi connectivity index (χ2n) is 3.80. The molecule has 0 aromatic heterocycles. The molecule has 92 valence electrons. The summed E-state index contributed by atoms with van der Waals surface area (Å²) < 4.78 is 0. The number of nitrogens with two attached hydrogens (primary N) is 1. The van der Waals surface area contributed by atoms with Gasteiger partial charge in [-0.1, -0.05) is 19.1 Å². The number of carbonyl (C=O) groups excluding carboxylic acids is 1. The van der Waals surface area contributed by atoms with Gasteiger partial charge in [0.25, 0.3) is 5.91 Å². The zero-order chi connectivity index (χ0) is 12.8. The van der Waals surface area contributed by atoms with Gasteiger partial charge in [0.1, 0.15) is 5.75 Å². The van der Waals surface area contributed by atoms with Crippen LogP contribution in [-0.2, 0) is 0 Å². The maximum absolute atomic E-state index is 11.8. The lowest BCUT2D eigenvalue weighted by Gasteiger charge is -2.16. The minimum Gasteiger partial charge on any atom is -0.508 e. The van der Waals surface area contributed by atoms with E-state index in [1.807, 2.05) is 6.92 Å². The lowest BCUT2D eigenvalue weighted by Crippen LogP contribution is -2.37. The number of nitrogens with one attached hydrogen (secondary N) is 1. The van der Waals surface area contributed by atoms with Gasteiger partial charge in [-0.05, 0) is 30.7 Å². The van der Waals surface area contributed by atoms with Crippen molar-refractivity contribution >= 4 is 23.1 Å². The zero-order valence-corrected chi connectivity index (χ0v) is 10.5. The number of phenols is 1. The smallest absolute Gasteiger partial charge is 0.251 e. The Kier molecular flexibility index (Phi) is 4.90. The second-order valence-corrected chi connectivity index (χ2v) is 4.32. The molecule has 0 heterocycles. The van der Waals surface area contributed by atoms with E-state index in [1.165, 1.54) is 12.1 Å². The average Bonchev–Trinajstić information content (AvgIpc) is 2.28. The molecule has 0 spiro atoms. The maximum atomic E-state index is 11.8. The Morgan fingerprint density at radius 2 is 2.06 bits per heavy atom. The Morgan fingerprint density at radius 3 is 2.53 bits per heavy atom. The fraction of sp³-hybridized carbons (Fsp3) is 0.333. The van der Waals surface area contributed by atoms with Gasteiger partial charge >= 0.3 is 0 Å². The lowest BCUT2D eigenvalue weighted by molar-refractivity contribution is 0.0937. The third kappa shape index (κ3) is 4.40. The number of aromatic hydroxyl groups is 1. The minimum atomic E-state index is -0.187. The predicted octanol–water partition coefficient (Wildman–Crippen LogP) is 1.58. The van der Waals surface area contributed by atoms with Crippen LogP contribution in [0.2, 0.25) is 0 Å². The van der Waals surface area contributed by atoms with Gasteiger partial charge < -0.3 is 16.2 Å². The van der Waals surface area contributed by atoms with Crippen LogP contribution in [0.25, 0.3) is 0 Å². The Morgan fingerprint density at radius 1 is 1.47 bits per heavy atom. The molecular weight excluding hydrogens is 236 g/mol. The van der Waals surface area contributed by atoms with E-state index in [0.29, 0.717) is 17.0 Å². The molecular formula is C12H16N2O2S. The van der Waals surface area contributed by atoms with Crippen molar-refractivity contribution in [3.05, 3.63) is 29.8 Å². The molecule has 4 nitrogen and oxygen atoms in total. The molecule has 0 saturated heterocycles. The number of thiocarbonyl (C=S) groups is 1. The average molecular weight is 252 g/mol. The molecule has 0 fully saturated rings. The summed E-state index contributed by atoms with van der Waals surface area (Å²) in [7, 11) is 0. The third-order valence-electron chi connectivity index (χ3n) is 2.41. The lowest BCUT2D eigenvalue weighted by atomic mass is 10.1. The summed E-state index contributed by atoms with van der Waals surface area (Å²) in [6.07, 6.45) is 1.26. The number of benzene rings is 1. The van der Waals surface area contributed by atoms with E-state index in [1.54, 1.807) is 12.1 Å². The Bertz CT molecular complexity index is 403. The number of phenolic OH excluding ortho intramolecular Hbond substituents is 1. The summed E-state index contributed by atoms with van der Waals surface area (Å²) >= 11 is 4.82. The highest BCUT2D eigenvalue weighted by atomic mass is 32.1. The molecule has 0 aliphatic heterocycles. The first-order valence-corrected chi connectivity index (χ1v) is 5.82. The molecule has 0 radical (unpaired) electrons. The number of carbonyl (C=O) groups is 1. The molecule has 5 heteroatoms. The summed E-state index contributed by atoms with van der Waals surface area (Å²) in [5, 5.41) is 12.0. The molecule has 0 aliphatic rings. The highest BCUT2D eigenvalue weighted by molar-refractivity contribution is 7.80. The molecule has 1 amide bonds. The van der Waals surface area contributed by atoms with Gasteiger partial charge in [0, 0.05) is 18.0 Å². The fourth-order valence-electron chi connectivity index (χ4n) is 1.42. The summed E-state index contributed by atoms with van der Waals surface area (Å²) in [6, 6.07) is 6.04. The van der Waals surface area contributed by atoms with Crippen molar-refractivity contribution in [2.24, 2.45) is 5.73 Å². The second kappa shape index (κ2) is 6.20. The largest absolute Gasteiger partial charge is 0.508 e. The van der Waals surface area contributed by atoms with Crippen LogP contribution in [0.15, 0.2) is 24.3 Å². The molecule has 1 unspecified atom stereocenters. The van der Waals surface area contributed by atoms with Crippen molar-refractivity contribution in [3.8, 4) is 5.75 Å². The quantitative estimate of drug-likeness (QED) is 0.695. The van der Waals surface area contributed by atoms with Crippen LogP contribution >= 0.6 is 12.2 Å². The Hall–Kier alpha value is -1.62. The Balaban J connectivity index is 2.64. The topological polar surface area (TPSA) is 75.3 Å². The first-order valence-electron chi connectivity index (χ1n) is 5.41. The van der Waals surface area contributed by atoms with Gasteiger partial charge in [-0.15, -0.1) is 0 Å². The van der Waals surface area contributed by atoms with E-state index < -0.39 is 0 Å². The minimum absolute atomic E-state index is 0.0474. The van der Waals surface area contributed by atoms with Crippen LogP contribution in [0.1, 0.15) is 30.1 Å². The van der Waals surface area contributed by atoms with Gasteiger partial charge in [-0.3, -0.25) is 4.79 Å². The highest BCUT2D eigenvalue weighted by Gasteiger charge is 2.12. The molecule has 1 atom stereocenters. The van der Waals surface area contributed by atoms with Crippen molar-refractivity contribution in [1.82, 2.24) is 5.32 Å². The highest BCUT2D eigenvalue weighted by Crippen LogP contribution is 2.10. The summed E-state index contributed by atoms with van der Waals surface area (Å²) in [5.74, 6) is -0.0511. The van der Waals surface area contributed by atoms with E-state index >= 15 is 0 Å². The Labute approximate surface area is 106 Å². The first kappa shape index (κ1) is 13.4. The fourth-order valence-corrected chi connectivity index (χ4v) is 1.62. The van der Waals surface area contributed by atoms with Crippen LogP contribution in [0.5, 0.6) is 5.75 Å². The normalized spacial score (nSPS) is 11.8. The number of rotatable bonds is 5. The standard InChI is InChI=1S/C12H16N2O2S/c1-2-9(7-11(13)17)14-12(16)8-3-5-10(15)6-4-8/h3-6,9,15H,2,7H2,1H3,(H2,13,17)(H,14,16). The van der Waals surface area contributed by atoms with E-state index in [0.717, 1.165) is 6.42 Å². The van der Waals surface area contributed by atoms with Gasteiger partial charge in [0.15, 0.2) is 0 Å². The molecule has 4 N–H and O–H groups in total. The van der Waals surface area contributed by atoms with Crippen LogP contribution in [0.4, 0.5) is 0 Å². The molecule has 1 rings (SSSR count). The molecule has 17 heavy (non-hydrogen) atoms. The van der Waals surface area contributed by atoms with Crippen LogP contribution in [-0.4, -0.2) is 22.0 Å². The summed E-state index contributed by atoms with van der Waals surface area (Å²) in [5.41, 5.74) is 5.95. The van der Waals surface area contributed by atoms with Crippen LogP contribution in [0, 0.1) is 0 Å². The van der Waals surface area contributed by atoms with Gasteiger partial charge in [0.2, 0.25) is 0 Å². The van der Waals surface area contributed by atoms with Crippen LogP contribution in [0.3, 0.4) is 0 Å². The number of hydrogen-bond acceptors (Lipinski definition) is 3. The number of hydrogen-bond donors (Lipinski definition) is 3. The predicted molar refractivity (Wildman–Crippen MR) is 71.1 cm³/mol. The van der Waals surface area contributed by atoms with E-state index in [9.17, 15) is 4.79 Å². The summed E-state index contributed by atoms with van der Waals surface area (Å²) in [4.78, 5) is 12.2. The van der Waals surface area contributed by atoms with Crippen molar-refractivity contribution in [2.45, 2.75) is 25.8 Å². The summed E-state index contributed by atoms with van der Waals surface area (Å²) in [6.45, 7) is 1.96. The zero-order valence-electron chi connectivity index (χ0n) is 9.64. The van der Waals surface area contributed by atoms with Crippen molar-refractivity contribution in [3.63, 3.8) is 0 Å². The first-order chi connectivity index (χ1) is 8.02. The molecule has 0 aliphatic carbocycles. The van der Waals surface area contributed by atoms with Crippen molar-refractivity contribution < 1.29 is 9.90 Å². The van der Waals surface area contributed by atoms with E-state index in [4.69, 9.17) is 23.1 Å². The maximum Gasteiger partial charge on any atom is 0.251 e. The van der Waals surface area contributed by atoms with Crippen LogP contribution < -0.4 is 11.1 Å². The van der Waals surface area contributed by atoms with Crippen molar-refractivity contribution in [1.29, 1.82) is 0 Å². The SMILES string of the molecule is CCC(CC(N)=S)NC(=O)c1ccc(O)cc1.